The Morgan fingerprint density at radius 1 is 1.20 bits per heavy atom. The fourth-order valence-corrected chi connectivity index (χ4v) is 4.08. The minimum Gasteiger partial charge on any atom is -0.361 e. The molecule has 1 atom stereocenters. The van der Waals surface area contributed by atoms with Crippen LogP contribution in [0.2, 0.25) is 0 Å². The molecule has 25 heavy (non-hydrogen) atoms. The number of carbonyl (C=O) groups is 1. The average Bonchev–Trinajstić information content (AvgIpc) is 3.25. The number of H-pyrrole nitrogens is 1. The molecule has 2 heterocycles. The van der Waals surface area contributed by atoms with Gasteiger partial charge in [0.25, 0.3) is 0 Å². The second-order valence-electron chi connectivity index (χ2n) is 6.24. The van der Waals surface area contributed by atoms with Crippen LogP contribution in [0.25, 0.3) is 21.1 Å². The number of benzene rings is 2. The molecule has 4 aromatic rings. The van der Waals surface area contributed by atoms with Crippen LogP contribution in [0.5, 0.6) is 0 Å². The molecule has 0 aliphatic carbocycles. The maximum Gasteiger partial charge on any atom is 0.227 e. The highest BCUT2D eigenvalue weighted by Crippen LogP contribution is 2.29. The molecule has 1 unspecified atom stereocenters. The highest BCUT2D eigenvalue weighted by atomic mass is 32.1. The van der Waals surface area contributed by atoms with Crippen molar-refractivity contribution in [2.24, 2.45) is 0 Å². The predicted molar refractivity (Wildman–Crippen MR) is 103 cm³/mol. The summed E-state index contributed by atoms with van der Waals surface area (Å²) in [5.74, 6) is 0.0940. The Kier molecular flexibility index (Phi) is 4.01. The van der Waals surface area contributed by atoms with Crippen LogP contribution >= 0.6 is 11.3 Å². The second kappa shape index (κ2) is 6.33. The molecule has 5 heteroatoms. The summed E-state index contributed by atoms with van der Waals surface area (Å²) < 4.78 is 1.15. The molecule has 0 saturated carbocycles. The zero-order chi connectivity index (χ0) is 17.4. The number of nitrogens with one attached hydrogen (secondary N) is 1. The van der Waals surface area contributed by atoms with Crippen LogP contribution in [0.15, 0.2) is 54.7 Å². The molecule has 0 aliphatic rings. The fourth-order valence-electron chi connectivity index (χ4n) is 3.02. The quantitative estimate of drug-likeness (QED) is 0.588. The van der Waals surface area contributed by atoms with Crippen LogP contribution < -0.4 is 0 Å². The van der Waals surface area contributed by atoms with E-state index in [1.807, 2.05) is 62.6 Å². The minimum atomic E-state index is -0.0462. The van der Waals surface area contributed by atoms with Gasteiger partial charge in [0.05, 0.1) is 22.7 Å². The summed E-state index contributed by atoms with van der Waals surface area (Å²) in [6, 6.07) is 16.1. The zero-order valence-corrected chi connectivity index (χ0v) is 15.0. The van der Waals surface area contributed by atoms with E-state index in [4.69, 9.17) is 0 Å². The molecule has 0 saturated heterocycles. The zero-order valence-electron chi connectivity index (χ0n) is 14.2. The summed E-state index contributed by atoms with van der Waals surface area (Å²) in [6.45, 7) is 2.03. The summed E-state index contributed by atoms with van der Waals surface area (Å²) in [5, 5.41) is 2.08. The minimum absolute atomic E-state index is 0.0462. The number of likely N-dealkylation sites (N-methyl/N-ethyl adjacent to an activating group) is 1. The van der Waals surface area contributed by atoms with Crippen molar-refractivity contribution in [3.63, 3.8) is 0 Å². The van der Waals surface area contributed by atoms with Gasteiger partial charge in [-0.15, -0.1) is 11.3 Å². The molecular formula is C20H19N3OS. The van der Waals surface area contributed by atoms with Crippen molar-refractivity contribution in [2.45, 2.75) is 19.4 Å². The Hall–Kier alpha value is -2.66. The summed E-state index contributed by atoms with van der Waals surface area (Å²) in [4.78, 5) is 22.5. The molecule has 0 bridgehead atoms. The number of aromatic amines is 1. The van der Waals surface area contributed by atoms with Gasteiger partial charge in [0.15, 0.2) is 0 Å². The standard InChI is InChI=1S/C20H19N3OS/c1-13(20-22-17-9-5-6-10-18(17)25-20)23(2)19(24)11-14-12-21-16-8-4-3-7-15(14)16/h3-10,12-13,21H,11H2,1-2H3. The molecule has 0 radical (unpaired) electrons. The lowest BCUT2D eigenvalue weighted by atomic mass is 10.1. The Balaban J connectivity index is 1.55. The van der Waals surface area contributed by atoms with Gasteiger partial charge in [0.2, 0.25) is 5.91 Å². The predicted octanol–water partition coefficient (Wildman–Crippen LogP) is 4.54. The highest BCUT2D eigenvalue weighted by molar-refractivity contribution is 7.18. The molecule has 2 aromatic heterocycles. The van der Waals surface area contributed by atoms with E-state index in [0.29, 0.717) is 6.42 Å². The van der Waals surface area contributed by atoms with Gasteiger partial charge in [-0.1, -0.05) is 30.3 Å². The van der Waals surface area contributed by atoms with Crippen LogP contribution in [-0.4, -0.2) is 27.8 Å². The SMILES string of the molecule is CC(c1nc2ccccc2s1)N(C)C(=O)Cc1c[nH]c2ccccc12. The van der Waals surface area contributed by atoms with E-state index in [1.165, 1.54) is 0 Å². The van der Waals surface area contributed by atoms with Crippen LogP contribution in [0.3, 0.4) is 0 Å². The lowest BCUT2D eigenvalue weighted by Gasteiger charge is -2.23. The lowest BCUT2D eigenvalue weighted by Crippen LogP contribution is -2.30. The second-order valence-corrected chi connectivity index (χ2v) is 7.30. The molecule has 126 valence electrons. The first-order chi connectivity index (χ1) is 12.1. The van der Waals surface area contributed by atoms with Crippen molar-refractivity contribution >= 4 is 38.4 Å². The van der Waals surface area contributed by atoms with E-state index >= 15 is 0 Å². The molecule has 1 amide bonds. The van der Waals surface area contributed by atoms with Gasteiger partial charge in [-0.3, -0.25) is 4.79 Å². The largest absolute Gasteiger partial charge is 0.361 e. The maximum absolute atomic E-state index is 12.8. The summed E-state index contributed by atoms with van der Waals surface area (Å²) in [7, 11) is 1.86. The fraction of sp³-hybridized carbons (Fsp3) is 0.200. The third-order valence-electron chi connectivity index (χ3n) is 4.66. The number of fused-ring (bicyclic) bond motifs is 2. The molecule has 2 aromatic carbocycles. The third kappa shape index (κ3) is 2.91. The third-order valence-corrected chi connectivity index (χ3v) is 5.87. The summed E-state index contributed by atoms with van der Waals surface area (Å²) >= 11 is 1.65. The van der Waals surface area contributed by atoms with E-state index in [-0.39, 0.29) is 11.9 Å². The van der Waals surface area contributed by atoms with Crippen molar-refractivity contribution in [3.05, 3.63) is 65.3 Å². The molecule has 4 nitrogen and oxygen atoms in total. The first-order valence-electron chi connectivity index (χ1n) is 8.29. The highest BCUT2D eigenvalue weighted by Gasteiger charge is 2.21. The number of hydrogen-bond donors (Lipinski definition) is 1. The van der Waals surface area contributed by atoms with Gasteiger partial charge in [0, 0.05) is 24.1 Å². The average molecular weight is 349 g/mol. The van der Waals surface area contributed by atoms with Crippen LogP contribution in [0.1, 0.15) is 23.5 Å². The van der Waals surface area contributed by atoms with Gasteiger partial charge in [0.1, 0.15) is 5.01 Å². The number of hydrogen-bond acceptors (Lipinski definition) is 3. The summed E-state index contributed by atoms with van der Waals surface area (Å²) in [6.07, 6.45) is 2.31. The van der Waals surface area contributed by atoms with Crippen molar-refractivity contribution in [1.29, 1.82) is 0 Å². The van der Waals surface area contributed by atoms with Gasteiger partial charge >= 0.3 is 0 Å². The number of carbonyl (C=O) groups excluding carboxylic acids is 1. The monoisotopic (exact) mass is 349 g/mol. The van der Waals surface area contributed by atoms with E-state index in [0.717, 1.165) is 31.7 Å². The maximum atomic E-state index is 12.8. The Morgan fingerprint density at radius 2 is 1.96 bits per heavy atom. The molecule has 0 aliphatic heterocycles. The van der Waals surface area contributed by atoms with E-state index in [2.05, 4.69) is 16.0 Å². The molecule has 0 fully saturated rings. The first-order valence-corrected chi connectivity index (χ1v) is 9.11. The first kappa shape index (κ1) is 15.8. The topological polar surface area (TPSA) is 49.0 Å². The number of rotatable bonds is 4. The smallest absolute Gasteiger partial charge is 0.227 e. The van der Waals surface area contributed by atoms with Crippen LogP contribution in [-0.2, 0) is 11.2 Å². The Bertz CT molecular complexity index is 1020. The lowest BCUT2D eigenvalue weighted by molar-refractivity contribution is -0.131. The van der Waals surface area contributed by atoms with E-state index in [9.17, 15) is 4.79 Å². The van der Waals surface area contributed by atoms with Gasteiger partial charge in [-0.25, -0.2) is 4.98 Å². The van der Waals surface area contributed by atoms with Gasteiger partial charge < -0.3 is 9.88 Å². The molecule has 1 N–H and O–H groups in total. The van der Waals surface area contributed by atoms with Gasteiger partial charge in [-0.2, -0.15) is 0 Å². The number of aromatic nitrogens is 2. The molecular weight excluding hydrogens is 330 g/mol. The number of amides is 1. The molecule has 0 spiro atoms. The Labute approximate surface area is 150 Å². The van der Waals surface area contributed by atoms with Crippen molar-refractivity contribution < 1.29 is 4.79 Å². The van der Waals surface area contributed by atoms with E-state index < -0.39 is 0 Å². The Morgan fingerprint density at radius 3 is 2.80 bits per heavy atom. The van der Waals surface area contributed by atoms with Crippen molar-refractivity contribution in [2.75, 3.05) is 7.05 Å². The van der Waals surface area contributed by atoms with Crippen LogP contribution in [0, 0.1) is 0 Å². The van der Waals surface area contributed by atoms with Crippen molar-refractivity contribution in [1.82, 2.24) is 14.9 Å². The normalized spacial score (nSPS) is 12.6. The molecule has 4 rings (SSSR count). The van der Waals surface area contributed by atoms with Crippen molar-refractivity contribution in [3.8, 4) is 0 Å². The van der Waals surface area contributed by atoms with E-state index in [1.54, 1.807) is 16.2 Å². The van der Waals surface area contributed by atoms with Crippen LogP contribution in [0.4, 0.5) is 0 Å². The number of para-hydroxylation sites is 2. The number of nitrogens with zero attached hydrogens (tertiary/aromatic N) is 2. The summed E-state index contributed by atoms with van der Waals surface area (Å²) in [5.41, 5.74) is 3.09. The number of thiazole rings is 1. The van der Waals surface area contributed by atoms with Gasteiger partial charge in [-0.05, 0) is 30.7 Å².